The Morgan fingerprint density at radius 2 is 2.13 bits per heavy atom. The van der Waals surface area contributed by atoms with Gasteiger partial charge in [-0.15, -0.1) is 0 Å². The van der Waals surface area contributed by atoms with E-state index in [4.69, 9.17) is 21.1 Å². The molecule has 0 radical (unpaired) electrons. The SMILES string of the molecule is COCC1(C(=O)NCC(OC)c2cccc(Cl)c2)CCNCC1. The number of carbonyl (C=O) groups excluding carboxylic acids is 1. The third-order valence-electron chi connectivity index (χ3n) is 4.42. The highest BCUT2D eigenvalue weighted by Crippen LogP contribution is 2.30. The van der Waals surface area contributed by atoms with Gasteiger partial charge >= 0.3 is 0 Å². The summed E-state index contributed by atoms with van der Waals surface area (Å²) in [6, 6.07) is 7.50. The molecule has 1 aromatic carbocycles. The fourth-order valence-corrected chi connectivity index (χ4v) is 3.23. The number of nitrogens with one attached hydrogen (secondary N) is 2. The Morgan fingerprint density at radius 1 is 1.39 bits per heavy atom. The maximum atomic E-state index is 12.7. The van der Waals surface area contributed by atoms with Crippen LogP contribution in [0.4, 0.5) is 0 Å². The average Bonchev–Trinajstić information content (AvgIpc) is 2.56. The summed E-state index contributed by atoms with van der Waals surface area (Å²) in [5.41, 5.74) is 0.499. The smallest absolute Gasteiger partial charge is 0.228 e. The molecular weight excluding hydrogens is 316 g/mol. The van der Waals surface area contributed by atoms with E-state index < -0.39 is 5.41 Å². The molecule has 128 valence electrons. The zero-order valence-electron chi connectivity index (χ0n) is 13.7. The molecule has 1 aliphatic heterocycles. The van der Waals surface area contributed by atoms with Crippen LogP contribution in [0.15, 0.2) is 24.3 Å². The molecule has 5 nitrogen and oxygen atoms in total. The van der Waals surface area contributed by atoms with E-state index in [0.29, 0.717) is 18.2 Å². The Morgan fingerprint density at radius 3 is 2.74 bits per heavy atom. The van der Waals surface area contributed by atoms with Crippen LogP contribution in [0.25, 0.3) is 0 Å². The lowest BCUT2D eigenvalue weighted by atomic mass is 9.78. The predicted molar refractivity (Wildman–Crippen MR) is 90.6 cm³/mol. The van der Waals surface area contributed by atoms with Crippen molar-refractivity contribution in [3.05, 3.63) is 34.9 Å². The van der Waals surface area contributed by atoms with Gasteiger partial charge in [0, 0.05) is 25.8 Å². The van der Waals surface area contributed by atoms with Crippen LogP contribution in [-0.4, -0.2) is 46.4 Å². The molecule has 6 heteroatoms. The predicted octanol–water partition coefficient (Wildman–Crippen LogP) is 2.16. The van der Waals surface area contributed by atoms with Crippen LogP contribution in [-0.2, 0) is 14.3 Å². The molecule has 1 heterocycles. The fraction of sp³-hybridized carbons (Fsp3) is 0.588. The lowest BCUT2D eigenvalue weighted by Crippen LogP contribution is -2.50. The molecule has 23 heavy (non-hydrogen) atoms. The van der Waals surface area contributed by atoms with Crippen LogP contribution < -0.4 is 10.6 Å². The van der Waals surface area contributed by atoms with E-state index in [2.05, 4.69) is 10.6 Å². The van der Waals surface area contributed by atoms with Crippen molar-refractivity contribution in [2.75, 3.05) is 40.5 Å². The Balaban J connectivity index is 2.00. The molecule has 1 saturated heterocycles. The summed E-state index contributed by atoms with van der Waals surface area (Å²) in [5.74, 6) is 0.0323. The highest BCUT2D eigenvalue weighted by atomic mass is 35.5. The minimum atomic E-state index is -0.452. The average molecular weight is 341 g/mol. The maximum Gasteiger partial charge on any atom is 0.228 e. The van der Waals surface area contributed by atoms with Crippen LogP contribution in [0.3, 0.4) is 0 Å². The summed E-state index contributed by atoms with van der Waals surface area (Å²) < 4.78 is 10.8. The molecule has 0 bridgehead atoms. The van der Waals surface area contributed by atoms with Crippen LogP contribution >= 0.6 is 11.6 Å². The molecule has 0 aliphatic carbocycles. The number of amides is 1. The van der Waals surface area contributed by atoms with E-state index in [0.717, 1.165) is 31.5 Å². The zero-order valence-corrected chi connectivity index (χ0v) is 14.5. The van der Waals surface area contributed by atoms with Crippen LogP contribution in [0.5, 0.6) is 0 Å². The first-order chi connectivity index (χ1) is 11.1. The molecule has 1 aromatic rings. The van der Waals surface area contributed by atoms with Gasteiger partial charge in [0.1, 0.15) is 0 Å². The largest absolute Gasteiger partial charge is 0.384 e. The number of methoxy groups -OCH3 is 2. The second kappa shape index (κ2) is 8.64. The van der Waals surface area contributed by atoms with Crippen molar-refractivity contribution >= 4 is 17.5 Å². The summed E-state index contributed by atoms with van der Waals surface area (Å²) >= 11 is 6.03. The van der Waals surface area contributed by atoms with E-state index in [1.807, 2.05) is 24.3 Å². The maximum absolute atomic E-state index is 12.7. The third-order valence-corrected chi connectivity index (χ3v) is 4.65. The second-order valence-electron chi connectivity index (χ2n) is 5.95. The van der Waals surface area contributed by atoms with Gasteiger partial charge in [0.15, 0.2) is 0 Å². The quantitative estimate of drug-likeness (QED) is 0.798. The molecule has 1 fully saturated rings. The number of carbonyl (C=O) groups is 1. The van der Waals surface area contributed by atoms with Gasteiger partial charge in [0.05, 0.1) is 18.1 Å². The standard InChI is InChI=1S/C17H25ClN2O3/c1-22-12-17(6-8-19-9-7-17)16(21)20-11-15(23-2)13-4-3-5-14(18)10-13/h3-5,10,15,19H,6-9,11-12H2,1-2H3,(H,20,21). The van der Waals surface area contributed by atoms with Gasteiger partial charge in [-0.1, -0.05) is 23.7 Å². The van der Waals surface area contributed by atoms with Crippen molar-refractivity contribution in [3.63, 3.8) is 0 Å². The molecular formula is C17H25ClN2O3. The Bertz CT molecular complexity index is 513. The van der Waals surface area contributed by atoms with Crippen molar-refractivity contribution in [2.45, 2.75) is 18.9 Å². The molecule has 2 N–H and O–H groups in total. The van der Waals surface area contributed by atoms with Gasteiger partial charge in [-0.05, 0) is 43.6 Å². The van der Waals surface area contributed by atoms with Crippen molar-refractivity contribution in [2.24, 2.45) is 5.41 Å². The van der Waals surface area contributed by atoms with Gasteiger partial charge < -0.3 is 20.1 Å². The lowest BCUT2D eigenvalue weighted by Gasteiger charge is -2.35. The highest BCUT2D eigenvalue weighted by molar-refractivity contribution is 6.30. The lowest BCUT2D eigenvalue weighted by molar-refractivity contribution is -0.136. The topological polar surface area (TPSA) is 59.6 Å². The number of piperidine rings is 1. The number of benzene rings is 1. The molecule has 1 atom stereocenters. The molecule has 2 rings (SSSR count). The van der Waals surface area contributed by atoms with Crippen LogP contribution in [0.1, 0.15) is 24.5 Å². The summed E-state index contributed by atoms with van der Waals surface area (Å²) in [7, 11) is 3.27. The minimum Gasteiger partial charge on any atom is -0.384 e. The van der Waals surface area contributed by atoms with E-state index in [-0.39, 0.29) is 12.0 Å². The first kappa shape index (κ1) is 18.2. The zero-order chi connectivity index (χ0) is 16.7. The van der Waals surface area contributed by atoms with Crippen LogP contribution in [0.2, 0.25) is 5.02 Å². The van der Waals surface area contributed by atoms with E-state index in [1.54, 1.807) is 14.2 Å². The molecule has 0 spiro atoms. The second-order valence-corrected chi connectivity index (χ2v) is 6.39. The van der Waals surface area contributed by atoms with Gasteiger partial charge in [0.25, 0.3) is 0 Å². The van der Waals surface area contributed by atoms with Crippen molar-refractivity contribution in [1.82, 2.24) is 10.6 Å². The Kier molecular flexibility index (Phi) is 6.84. The van der Waals surface area contributed by atoms with Gasteiger partial charge in [-0.3, -0.25) is 4.79 Å². The first-order valence-corrected chi connectivity index (χ1v) is 8.25. The summed E-state index contributed by atoms with van der Waals surface area (Å²) in [4.78, 5) is 12.7. The van der Waals surface area contributed by atoms with Gasteiger partial charge in [0.2, 0.25) is 5.91 Å². The molecule has 1 amide bonds. The number of rotatable bonds is 7. The normalized spacial score (nSPS) is 18.4. The fourth-order valence-electron chi connectivity index (χ4n) is 3.04. The van der Waals surface area contributed by atoms with Gasteiger partial charge in [-0.2, -0.15) is 0 Å². The van der Waals surface area contributed by atoms with Crippen LogP contribution in [0, 0.1) is 5.41 Å². The Labute approximate surface area is 142 Å². The molecule has 0 aromatic heterocycles. The Hall–Kier alpha value is -1.14. The highest BCUT2D eigenvalue weighted by Gasteiger charge is 2.39. The van der Waals surface area contributed by atoms with Gasteiger partial charge in [-0.25, -0.2) is 0 Å². The first-order valence-electron chi connectivity index (χ1n) is 7.87. The molecule has 0 saturated carbocycles. The monoisotopic (exact) mass is 340 g/mol. The van der Waals surface area contributed by atoms with Crippen molar-refractivity contribution in [1.29, 1.82) is 0 Å². The number of hydrogen-bond acceptors (Lipinski definition) is 4. The minimum absolute atomic E-state index is 0.0323. The van der Waals surface area contributed by atoms with E-state index in [1.165, 1.54) is 0 Å². The number of halogens is 1. The van der Waals surface area contributed by atoms with E-state index in [9.17, 15) is 4.79 Å². The van der Waals surface area contributed by atoms with E-state index >= 15 is 0 Å². The summed E-state index contributed by atoms with van der Waals surface area (Å²) in [6.07, 6.45) is 1.34. The number of hydrogen-bond donors (Lipinski definition) is 2. The third kappa shape index (κ3) is 4.67. The summed E-state index contributed by atoms with van der Waals surface area (Å²) in [5, 5.41) is 6.98. The number of ether oxygens (including phenoxy) is 2. The van der Waals surface area contributed by atoms with Crippen molar-refractivity contribution < 1.29 is 14.3 Å². The molecule has 1 aliphatic rings. The summed E-state index contributed by atoms with van der Waals surface area (Å²) in [6.45, 7) is 2.52. The molecule has 1 unspecified atom stereocenters. The van der Waals surface area contributed by atoms with Crippen molar-refractivity contribution in [3.8, 4) is 0 Å².